The summed E-state index contributed by atoms with van der Waals surface area (Å²) in [6, 6.07) is 9.06. The summed E-state index contributed by atoms with van der Waals surface area (Å²) in [6.07, 6.45) is -3.34. The average Bonchev–Trinajstić information content (AvgIpc) is 3.37. The number of nitrogen functional groups attached to an aromatic ring is 1. The number of anilines is 1. The number of imidazole rings is 1. The van der Waals surface area contributed by atoms with Gasteiger partial charge in [-0.3, -0.25) is 9.20 Å². The molecular formula is C25H22F3N5O3. The van der Waals surface area contributed by atoms with Crippen LogP contribution in [0.2, 0.25) is 0 Å². The van der Waals surface area contributed by atoms with E-state index in [0.717, 1.165) is 11.4 Å². The van der Waals surface area contributed by atoms with Crippen molar-refractivity contribution in [1.82, 2.24) is 19.3 Å². The van der Waals surface area contributed by atoms with Crippen molar-refractivity contribution in [3.63, 3.8) is 0 Å². The third-order valence-electron chi connectivity index (χ3n) is 6.80. The van der Waals surface area contributed by atoms with Crippen LogP contribution in [0.4, 0.5) is 19.0 Å². The van der Waals surface area contributed by atoms with Crippen LogP contribution in [-0.2, 0) is 11.2 Å². The smallest absolute Gasteiger partial charge is 0.406 e. The van der Waals surface area contributed by atoms with Crippen molar-refractivity contribution in [1.29, 1.82) is 0 Å². The lowest BCUT2D eigenvalue weighted by Crippen LogP contribution is -2.50. The molecule has 2 aliphatic rings. The van der Waals surface area contributed by atoms with Gasteiger partial charge in [0, 0.05) is 18.5 Å². The second kappa shape index (κ2) is 7.82. The van der Waals surface area contributed by atoms with Crippen molar-refractivity contribution >= 4 is 28.3 Å². The zero-order chi connectivity index (χ0) is 25.4. The van der Waals surface area contributed by atoms with E-state index < -0.39 is 12.4 Å². The van der Waals surface area contributed by atoms with Crippen LogP contribution < -0.4 is 10.5 Å². The standard InChI is InChI=1S/C25H22F3N5O3/c1-12-11-32(22-17-5-4-16(36-25(26,27)28)7-15(17)9-21(22)35-12)24(34)14-3-6-18-19(8-14)33-13(2)30-10-20(33)23(29)31-18/h3-8,10,12,21-22H,9,11H2,1-2H3,(H2,29,31)/t12-,21+,22-/m0/s1. The summed E-state index contributed by atoms with van der Waals surface area (Å²) in [6.45, 7) is 4.07. The zero-order valence-corrected chi connectivity index (χ0v) is 19.4. The summed E-state index contributed by atoms with van der Waals surface area (Å²) in [5.74, 6) is 0.582. The van der Waals surface area contributed by atoms with E-state index in [4.69, 9.17) is 10.5 Å². The normalized spacial score (nSPS) is 21.6. The summed E-state index contributed by atoms with van der Waals surface area (Å²) >= 11 is 0. The summed E-state index contributed by atoms with van der Waals surface area (Å²) < 4.78 is 50.2. The van der Waals surface area contributed by atoms with Crippen LogP contribution in [0.15, 0.2) is 42.6 Å². The van der Waals surface area contributed by atoms with Crippen molar-refractivity contribution in [3.8, 4) is 5.75 Å². The van der Waals surface area contributed by atoms with E-state index >= 15 is 0 Å². The number of carbonyl (C=O) groups excluding carboxylic acids is 1. The molecule has 3 atom stereocenters. The Morgan fingerprint density at radius 1 is 1.19 bits per heavy atom. The maximum atomic E-state index is 13.8. The number of morpholine rings is 1. The number of aryl methyl sites for hydroxylation is 1. The second-order valence-electron chi connectivity index (χ2n) is 9.23. The molecule has 1 aliphatic carbocycles. The van der Waals surface area contributed by atoms with E-state index in [2.05, 4.69) is 14.7 Å². The second-order valence-corrected chi connectivity index (χ2v) is 9.23. The minimum atomic E-state index is -4.78. The van der Waals surface area contributed by atoms with Crippen LogP contribution >= 0.6 is 0 Å². The highest BCUT2D eigenvalue weighted by Gasteiger charge is 2.44. The van der Waals surface area contributed by atoms with Gasteiger partial charge >= 0.3 is 6.36 Å². The van der Waals surface area contributed by atoms with Gasteiger partial charge in [0.05, 0.1) is 35.5 Å². The van der Waals surface area contributed by atoms with Gasteiger partial charge in [-0.05, 0) is 55.3 Å². The lowest BCUT2D eigenvalue weighted by atomic mass is 10.0. The molecule has 2 aromatic carbocycles. The number of benzene rings is 2. The number of fused-ring (bicyclic) bond motifs is 6. The van der Waals surface area contributed by atoms with Gasteiger partial charge in [0.1, 0.15) is 22.9 Å². The molecule has 11 heteroatoms. The quantitative estimate of drug-likeness (QED) is 0.446. The number of nitrogens with zero attached hydrogens (tertiary/aromatic N) is 4. The van der Waals surface area contributed by atoms with E-state index in [1.54, 1.807) is 35.4 Å². The van der Waals surface area contributed by atoms with E-state index in [1.165, 1.54) is 12.1 Å². The molecule has 1 saturated heterocycles. The fourth-order valence-electron chi connectivity index (χ4n) is 5.42. The molecule has 36 heavy (non-hydrogen) atoms. The molecule has 0 radical (unpaired) electrons. The Labute approximate surface area is 203 Å². The molecule has 2 aromatic heterocycles. The SMILES string of the molecule is Cc1ncc2c(N)nc3ccc(C(=O)N4C[C@H](C)O[C@@H]5Cc6cc(OC(F)(F)F)ccc6[C@@H]54)cc3n12. The molecule has 4 aromatic rings. The number of ether oxygens (including phenoxy) is 2. The van der Waals surface area contributed by atoms with E-state index in [-0.39, 0.29) is 23.9 Å². The van der Waals surface area contributed by atoms with Crippen LogP contribution in [0.3, 0.4) is 0 Å². The summed E-state index contributed by atoms with van der Waals surface area (Å²) in [4.78, 5) is 24.4. The van der Waals surface area contributed by atoms with Crippen molar-refractivity contribution < 1.29 is 27.4 Å². The molecule has 1 aliphatic heterocycles. The van der Waals surface area contributed by atoms with Crippen molar-refractivity contribution in [2.75, 3.05) is 12.3 Å². The van der Waals surface area contributed by atoms with Crippen LogP contribution in [0.1, 0.15) is 40.3 Å². The van der Waals surface area contributed by atoms with Crippen molar-refractivity contribution in [2.45, 2.75) is 44.9 Å². The van der Waals surface area contributed by atoms with Crippen LogP contribution in [0.25, 0.3) is 16.6 Å². The number of aromatic nitrogens is 3. The van der Waals surface area contributed by atoms with Crippen LogP contribution in [-0.4, -0.2) is 50.3 Å². The van der Waals surface area contributed by atoms with Gasteiger partial charge < -0.3 is 20.1 Å². The summed E-state index contributed by atoms with van der Waals surface area (Å²) in [5.41, 5.74) is 9.98. The number of hydrogen-bond acceptors (Lipinski definition) is 6. The van der Waals surface area contributed by atoms with E-state index in [9.17, 15) is 18.0 Å². The number of alkyl halides is 3. The first-order valence-electron chi connectivity index (χ1n) is 11.5. The monoisotopic (exact) mass is 497 g/mol. The number of halogens is 3. The molecular weight excluding hydrogens is 475 g/mol. The van der Waals surface area contributed by atoms with Gasteiger partial charge in [0.25, 0.3) is 5.91 Å². The molecule has 0 spiro atoms. The number of hydrogen-bond donors (Lipinski definition) is 1. The minimum absolute atomic E-state index is 0.201. The molecule has 8 nitrogen and oxygen atoms in total. The average molecular weight is 497 g/mol. The molecule has 1 amide bonds. The van der Waals surface area contributed by atoms with Gasteiger partial charge in [-0.15, -0.1) is 13.2 Å². The zero-order valence-electron chi connectivity index (χ0n) is 19.4. The lowest BCUT2D eigenvalue weighted by molar-refractivity contribution is -0.274. The maximum Gasteiger partial charge on any atom is 0.573 e. The summed E-state index contributed by atoms with van der Waals surface area (Å²) in [5, 5.41) is 0. The Balaban J connectivity index is 1.39. The number of rotatable bonds is 2. The highest BCUT2D eigenvalue weighted by atomic mass is 19.4. The summed E-state index contributed by atoms with van der Waals surface area (Å²) in [7, 11) is 0. The molecule has 2 N–H and O–H groups in total. The topological polar surface area (TPSA) is 95.0 Å². The molecule has 0 saturated carbocycles. The molecule has 186 valence electrons. The Hall–Kier alpha value is -3.86. The van der Waals surface area contributed by atoms with Crippen LogP contribution in [0, 0.1) is 6.92 Å². The first-order valence-corrected chi connectivity index (χ1v) is 11.5. The molecule has 3 heterocycles. The van der Waals surface area contributed by atoms with Gasteiger partial charge in [-0.25, -0.2) is 9.97 Å². The third-order valence-corrected chi connectivity index (χ3v) is 6.80. The Morgan fingerprint density at radius 2 is 2.00 bits per heavy atom. The Morgan fingerprint density at radius 3 is 2.78 bits per heavy atom. The lowest BCUT2D eigenvalue weighted by Gasteiger charge is -2.41. The van der Waals surface area contributed by atoms with Gasteiger partial charge in [-0.2, -0.15) is 0 Å². The highest BCUT2D eigenvalue weighted by Crippen LogP contribution is 2.43. The number of amides is 1. The van der Waals surface area contributed by atoms with E-state index in [0.29, 0.717) is 46.5 Å². The Kier molecular flexibility index (Phi) is 4.91. The maximum absolute atomic E-state index is 13.8. The predicted molar refractivity (Wildman–Crippen MR) is 125 cm³/mol. The van der Waals surface area contributed by atoms with Gasteiger partial charge in [-0.1, -0.05) is 6.07 Å². The van der Waals surface area contributed by atoms with Crippen LogP contribution in [0.5, 0.6) is 5.75 Å². The molecule has 0 unspecified atom stereocenters. The molecule has 6 rings (SSSR count). The fourth-order valence-corrected chi connectivity index (χ4v) is 5.42. The number of carbonyl (C=O) groups is 1. The highest BCUT2D eigenvalue weighted by molar-refractivity contribution is 5.98. The van der Waals surface area contributed by atoms with Crippen molar-refractivity contribution in [2.24, 2.45) is 0 Å². The number of nitrogens with two attached hydrogens (primary N) is 1. The Bertz CT molecular complexity index is 1530. The van der Waals surface area contributed by atoms with E-state index in [1.807, 2.05) is 18.2 Å². The first kappa shape index (κ1) is 22.6. The predicted octanol–water partition coefficient (Wildman–Crippen LogP) is 4.20. The fraction of sp³-hybridized carbons (Fsp3) is 0.320. The van der Waals surface area contributed by atoms with Gasteiger partial charge in [0.2, 0.25) is 0 Å². The molecule has 1 fully saturated rings. The minimum Gasteiger partial charge on any atom is -0.406 e. The van der Waals surface area contributed by atoms with Gasteiger partial charge in [0.15, 0.2) is 0 Å². The third kappa shape index (κ3) is 3.62. The molecule has 0 bridgehead atoms. The first-order chi connectivity index (χ1) is 17.1. The largest absolute Gasteiger partial charge is 0.573 e. The van der Waals surface area contributed by atoms with Crippen molar-refractivity contribution in [3.05, 3.63) is 65.1 Å².